The van der Waals surface area contributed by atoms with Gasteiger partial charge in [-0.1, -0.05) is 24.8 Å². The molecule has 1 fully saturated rings. The molecule has 7 nitrogen and oxygen atoms in total. The largest absolute Gasteiger partial charge is 0.477 e. The molecule has 0 unspecified atom stereocenters. The molecular weight excluding hydrogens is 462 g/mol. The van der Waals surface area contributed by atoms with Gasteiger partial charge in [0.1, 0.15) is 5.70 Å². The fourth-order valence-corrected chi connectivity index (χ4v) is 8.25. The molecule has 4 rings (SSSR count). The first kappa shape index (κ1) is 23.7. The zero-order valence-corrected chi connectivity index (χ0v) is 22.2. The fourth-order valence-electron chi connectivity index (χ4n) is 4.87. The van der Waals surface area contributed by atoms with Crippen LogP contribution < -0.4 is 0 Å². The van der Waals surface area contributed by atoms with E-state index in [-0.39, 0.29) is 35.6 Å². The van der Waals surface area contributed by atoms with E-state index in [0.29, 0.717) is 10.9 Å². The molecule has 0 aliphatic carbocycles. The molecule has 1 aromatic rings. The van der Waals surface area contributed by atoms with Crippen LogP contribution in [0.4, 0.5) is 0 Å². The number of fused-ring (bicyclic) bond motifs is 1. The highest BCUT2D eigenvalue weighted by molar-refractivity contribution is 8.04. The lowest BCUT2D eigenvalue weighted by molar-refractivity contribution is -0.162. The summed E-state index contributed by atoms with van der Waals surface area (Å²) >= 11 is 2.92. The molecule has 3 aliphatic heterocycles. The van der Waals surface area contributed by atoms with Crippen LogP contribution in [0.2, 0.25) is 19.6 Å². The summed E-state index contributed by atoms with van der Waals surface area (Å²) in [7, 11) is 0.267. The number of carbonyl (C=O) groups is 2. The molecule has 0 spiro atoms. The van der Waals surface area contributed by atoms with Gasteiger partial charge in [-0.2, -0.15) is 0 Å². The number of aliphatic carboxylic acids is 1. The molecule has 0 bridgehead atoms. The first-order valence-corrected chi connectivity index (χ1v) is 16.0. The molecule has 0 aromatic carbocycles. The number of thioether (sulfide) groups is 1. The summed E-state index contributed by atoms with van der Waals surface area (Å²) < 4.78 is 7.00. The highest BCUT2D eigenvalue weighted by Crippen LogP contribution is 2.52. The summed E-state index contributed by atoms with van der Waals surface area (Å²) in [5.41, 5.74) is 2.26. The third kappa shape index (κ3) is 4.11. The summed E-state index contributed by atoms with van der Waals surface area (Å²) in [4.78, 5) is 34.4. The average molecular weight is 494 g/mol. The molecule has 10 heteroatoms. The number of hydrogen-bond donors (Lipinski definition) is 1. The number of carbonyl (C=O) groups excluding carboxylic acids is 1. The first-order chi connectivity index (χ1) is 14.9. The lowest BCUT2D eigenvalue weighted by Gasteiger charge is -2.48. The van der Waals surface area contributed by atoms with Crippen molar-refractivity contribution in [1.82, 2.24) is 14.8 Å². The van der Waals surface area contributed by atoms with Crippen molar-refractivity contribution in [3.05, 3.63) is 27.8 Å². The molecule has 0 radical (unpaired) electrons. The van der Waals surface area contributed by atoms with Crippen molar-refractivity contribution in [2.75, 3.05) is 13.6 Å². The van der Waals surface area contributed by atoms with E-state index in [4.69, 9.17) is 9.41 Å². The number of thiazole rings is 1. The van der Waals surface area contributed by atoms with Gasteiger partial charge in [-0.3, -0.25) is 9.69 Å². The maximum absolute atomic E-state index is 13.0. The predicted molar refractivity (Wildman–Crippen MR) is 130 cm³/mol. The second-order valence-electron chi connectivity index (χ2n) is 9.91. The first-order valence-electron chi connectivity index (χ1n) is 10.9. The van der Waals surface area contributed by atoms with Crippen LogP contribution in [0, 0.1) is 11.8 Å². The standard InChI is InChI=1S/C22H31N3O4S2Si/c1-11-8-14(9-24(11)4)15-10-30-22(23-15)31-19-12(2)17-16(13(3)29-32(5,6)7)20(26)25(17)18(19)21(27)28/h8,10-13,16-17H,9H2,1-7H3,(H,27,28)/t11-,12+,13+,16+,17+/m0/s1. The van der Waals surface area contributed by atoms with Crippen molar-refractivity contribution in [1.29, 1.82) is 0 Å². The monoisotopic (exact) mass is 493 g/mol. The van der Waals surface area contributed by atoms with Gasteiger partial charge in [0.25, 0.3) is 0 Å². The van der Waals surface area contributed by atoms with Crippen LogP contribution in [-0.2, 0) is 14.0 Å². The Morgan fingerprint density at radius 1 is 1.38 bits per heavy atom. The minimum absolute atomic E-state index is 0.0781. The van der Waals surface area contributed by atoms with E-state index < -0.39 is 14.3 Å². The van der Waals surface area contributed by atoms with Gasteiger partial charge in [-0.25, -0.2) is 9.78 Å². The number of rotatable bonds is 7. The van der Waals surface area contributed by atoms with Gasteiger partial charge in [-0.05, 0) is 46.1 Å². The van der Waals surface area contributed by atoms with Gasteiger partial charge in [0.05, 0.1) is 23.8 Å². The number of aromatic nitrogens is 1. The Morgan fingerprint density at radius 3 is 2.62 bits per heavy atom. The maximum Gasteiger partial charge on any atom is 0.353 e. The molecule has 5 atom stereocenters. The van der Waals surface area contributed by atoms with Crippen LogP contribution in [0.3, 0.4) is 0 Å². The predicted octanol–water partition coefficient (Wildman–Crippen LogP) is 3.97. The SMILES string of the molecule is C[C@@H](O[Si](C)(C)C)[C@H]1C(=O)N2C(C(=O)O)=C(Sc3nc(C4=C[C@H](C)N(C)C4)cs3)[C@H](C)[C@H]12. The number of carboxylic acids is 1. The third-order valence-electron chi connectivity index (χ3n) is 6.40. The Hall–Kier alpha value is -1.46. The van der Waals surface area contributed by atoms with Gasteiger partial charge >= 0.3 is 5.97 Å². The highest BCUT2D eigenvalue weighted by Gasteiger charge is 2.60. The molecule has 174 valence electrons. The Bertz CT molecular complexity index is 1020. The number of carboxylic acid groups (broad SMARTS) is 1. The van der Waals surface area contributed by atoms with Crippen molar-refractivity contribution < 1.29 is 19.1 Å². The zero-order chi connectivity index (χ0) is 23.5. The molecule has 3 aliphatic rings. The van der Waals surface area contributed by atoms with Crippen LogP contribution in [0.1, 0.15) is 26.5 Å². The average Bonchev–Trinajstić information content (AvgIpc) is 3.32. The molecule has 1 amide bonds. The Balaban J connectivity index is 1.57. The van der Waals surface area contributed by atoms with Crippen LogP contribution in [0.5, 0.6) is 0 Å². The van der Waals surface area contributed by atoms with Gasteiger partial charge in [0.15, 0.2) is 12.7 Å². The molecule has 32 heavy (non-hydrogen) atoms. The van der Waals surface area contributed by atoms with E-state index in [0.717, 1.165) is 16.6 Å². The molecular formula is C22H31N3O4S2Si. The van der Waals surface area contributed by atoms with Gasteiger partial charge in [0, 0.05) is 28.8 Å². The summed E-state index contributed by atoms with van der Waals surface area (Å²) in [6, 6.07) is 0.208. The molecule has 4 heterocycles. The van der Waals surface area contributed by atoms with E-state index in [1.54, 1.807) is 0 Å². The number of hydrogen-bond acceptors (Lipinski definition) is 7. The smallest absolute Gasteiger partial charge is 0.353 e. The number of β-lactam (4-membered cyclic amide) rings is 1. The topological polar surface area (TPSA) is 83.0 Å². The van der Waals surface area contributed by atoms with Gasteiger partial charge in [0.2, 0.25) is 5.91 Å². The van der Waals surface area contributed by atoms with Gasteiger partial charge in [-0.15, -0.1) is 11.3 Å². The van der Waals surface area contributed by atoms with Crippen LogP contribution in [-0.4, -0.2) is 71.9 Å². The number of nitrogens with zero attached hydrogens (tertiary/aromatic N) is 3. The summed E-state index contributed by atoms with van der Waals surface area (Å²) in [6.07, 6.45) is 2.00. The Labute approximate surface area is 198 Å². The van der Waals surface area contributed by atoms with E-state index in [1.165, 1.54) is 33.6 Å². The maximum atomic E-state index is 13.0. The fraction of sp³-hybridized carbons (Fsp3) is 0.591. The molecule has 1 saturated heterocycles. The van der Waals surface area contributed by atoms with E-state index in [9.17, 15) is 14.7 Å². The summed E-state index contributed by atoms with van der Waals surface area (Å²) in [5, 5.41) is 12.0. The number of likely N-dealkylation sites (N-methyl/N-ethyl adjacent to an activating group) is 1. The molecule has 1 aromatic heterocycles. The van der Waals surface area contributed by atoms with Crippen molar-refractivity contribution >= 4 is 48.9 Å². The third-order valence-corrected chi connectivity index (χ3v) is 9.71. The lowest BCUT2D eigenvalue weighted by atomic mass is 9.79. The highest BCUT2D eigenvalue weighted by atomic mass is 32.2. The van der Waals surface area contributed by atoms with E-state index in [2.05, 4.69) is 44.6 Å². The molecule has 1 N–H and O–H groups in total. The second-order valence-corrected chi connectivity index (χ2v) is 16.5. The van der Waals surface area contributed by atoms with Crippen LogP contribution >= 0.6 is 23.1 Å². The molecule has 0 saturated carbocycles. The summed E-state index contributed by atoms with van der Waals surface area (Å²) in [6.45, 7) is 13.3. The lowest BCUT2D eigenvalue weighted by Crippen LogP contribution is -2.64. The second kappa shape index (κ2) is 8.39. The van der Waals surface area contributed by atoms with Crippen molar-refractivity contribution in [3.8, 4) is 0 Å². The van der Waals surface area contributed by atoms with Crippen molar-refractivity contribution in [2.24, 2.45) is 11.8 Å². The summed E-state index contributed by atoms with van der Waals surface area (Å²) in [5.74, 6) is -1.59. The Kier molecular flexibility index (Phi) is 6.21. The minimum Gasteiger partial charge on any atom is -0.477 e. The quantitative estimate of drug-likeness (QED) is 0.455. The van der Waals surface area contributed by atoms with Crippen LogP contribution in [0.15, 0.2) is 26.4 Å². The van der Waals surface area contributed by atoms with E-state index in [1.807, 2.05) is 19.2 Å². The van der Waals surface area contributed by atoms with Crippen molar-refractivity contribution in [3.63, 3.8) is 0 Å². The number of amides is 1. The normalized spacial score (nSPS) is 29.3. The Morgan fingerprint density at radius 2 is 2.06 bits per heavy atom. The van der Waals surface area contributed by atoms with Gasteiger partial charge < -0.3 is 14.4 Å². The minimum atomic E-state index is -1.82. The van der Waals surface area contributed by atoms with E-state index >= 15 is 0 Å². The zero-order valence-electron chi connectivity index (χ0n) is 19.6. The van der Waals surface area contributed by atoms with Crippen molar-refractivity contribution in [2.45, 2.75) is 62.9 Å². The van der Waals surface area contributed by atoms with Crippen LogP contribution in [0.25, 0.3) is 5.57 Å².